The molecule has 0 bridgehead atoms. The molecule has 0 spiro atoms. The number of carbonyl (C=O) groups is 1. The number of ether oxygens (including phenoxy) is 6. The van der Waals surface area contributed by atoms with E-state index in [0.29, 0.717) is 45.4 Å². The van der Waals surface area contributed by atoms with Gasteiger partial charge < -0.3 is 33.5 Å². The van der Waals surface area contributed by atoms with E-state index >= 15 is 0 Å². The van der Waals surface area contributed by atoms with Crippen molar-refractivity contribution in [1.82, 2.24) is 4.90 Å². The highest BCUT2D eigenvalue weighted by molar-refractivity contribution is 5.85. The maximum Gasteiger partial charge on any atom is 0.410 e. The summed E-state index contributed by atoms with van der Waals surface area (Å²) in [6.07, 6.45) is -1.48. The summed E-state index contributed by atoms with van der Waals surface area (Å²) in [6, 6.07) is 4.84. The maximum absolute atomic E-state index is 12.4. The van der Waals surface area contributed by atoms with Crippen LogP contribution in [0.15, 0.2) is 18.2 Å². The fourth-order valence-electron chi connectivity index (χ4n) is 4.34. The third-order valence-corrected chi connectivity index (χ3v) is 5.76. The van der Waals surface area contributed by atoms with Gasteiger partial charge in [0.2, 0.25) is 12.5 Å². The molecule has 2 aromatic rings. The second kappa shape index (κ2) is 6.88. The van der Waals surface area contributed by atoms with E-state index in [1.165, 1.54) is 26.2 Å². The molecule has 2 atom stereocenters. The highest BCUT2D eigenvalue weighted by Crippen LogP contribution is 2.52. The Morgan fingerprint density at radius 3 is 2.43 bits per heavy atom. The number of carbonyl (C=O) groups excluding carboxylic acids is 1. The van der Waals surface area contributed by atoms with Gasteiger partial charge in [0.05, 0.1) is 33.9 Å². The molecular weight excluding hydrogens is 394 g/mol. The molecule has 158 valence electrons. The van der Waals surface area contributed by atoms with Gasteiger partial charge >= 0.3 is 6.09 Å². The van der Waals surface area contributed by atoms with E-state index in [1.54, 1.807) is 6.07 Å². The summed E-state index contributed by atoms with van der Waals surface area (Å²) in [5.74, 6) is 2.43. The first-order valence-electron chi connectivity index (χ1n) is 9.44. The number of hydrogen-bond donors (Lipinski definition) is 1. The number of aliphatic hydroxyl groups excluding tert-OH is 1. The van der Waals surface area contributed by atoms with Gasteiger partial charge in [-0.2, -0.15) is 0 Å². The fourth-order valence-corrected chi connectivity index (χ4v) is 4.34. The van der Waals surface area contributed by atoms with Crippen molar-refractivity contribution < 1.29 is 38.3 Å². The van der Waals surface area contributed by atoms with E-state index < -0.39 is 18.2 Å². The average Bonchev–Trinajstić information content (AvgIpc) is 3.36. The second-order valence-corrected chi connectivity index (χ2v) is 7.19. The van der Waals surface area contributed by atoms with Crippen LogP contribution in [-0.4, -0.2) is 56.9 Å². The van der Waals surface area contributed by atoms with E-state index in [4.69, 9.17) is 28.4 Å². The number of methoxy groups -OCH3 is 3. The molecule has 0 aromatic heterocycles. The number of amides is 1. The topological polar surface area (TPSA) is 95.9 Å². The lowest BCUT2D eigenvalue weighted by Gasteiger charge is -2.32. The molecule has 0 aliphatic carbocycles. The zero-order chi connectivity index (χ0) is 21.0. The summed E-state index contributed by atoms with van der Waals surface area (Å²) in [7, 11) is 4.60. The fraction of sp³-hybridized carbons (Fsp3) is 0.381. The predicted octanol–water partition coefficient (Wildman–Crippen LogP) is 2.48. The van der Waals surface area contributed by atoms with Crippen molar-refractivity contribution in [3.63, 3.8) is 0 Å². The monoisotopic (exact) mass is 415 g/mol. The Balaban J connectivity index is 1.85. The molecule has 0 saturated carbocycles. The first-order chi connectivity index (χ1) is 14.6. The van der Waals surface area contributed by atoms with Crippen molar-refractivity contribution in [2.75, 3.05) is 34.7 Å². The Morgan fingerprint density at radius 1 is 1.00 bits per heavy atom. The van der Waals surface area contributed by atoms with E-state index in [9.17, 15) is 9.90 Å². The number of fused-ring (bicyclic) bond motifs is 5. The molecule has 3 aliphatic heterocycles. The van der Waals surface area contributed by atoms with Crippen LogP contribution in [0, 0.1) is 0 Å². The first-order valence-corrected chi connectivity index (χ1v) is 9.44. The molecule has 9 heteroatoms. The molecule has 1 saturated heterocycles. The van der Waals surface area contributed by atoms with Crippen LogP contribution in [0.1, 0.15) is 17.2 Å². The van der Waals surface area contributed by atoms with Crippen LogP contribution in [0.25, 0.3) is 11.1 Å². The van der Waals surface area contributed by atoms with Crippen LogP contribution in [0.5, 0.6) is 28.7 Å². The van der Waals surface area contributed by atoms with Gasteiger partial charge in [0.25, 0.3) is 0 Å². The van der Waals surface area contributed by atoms with Crippen LogP contribution in [0.2, 0.25) is 0 Å². The molecule has 0 radical (unpaired) electrons. The van der Waals surface area contributed by atoms with Crippen molar-refractivity contribution in [1.29, 1.82) is 0 Å². The number of benzene rings is 2. The smallest absolute Gasteiger partial charge is 0.410 e. The summed E-state index contributed by atoms with van der Waals surface area (Å²) in [5.41, 5.74) is 2.73. The highest BCUT2D eigenvalue weighted by atomic mass is 16.7. The minimum Gasteiger partial charge on any atom is -0.493 e. The van der Waals surface area contributed by atoms with Gasteiger partial charge in [-0.3, -0.25) is 4.90 Å². The lowest BCUT2D eigenvalue weighted by Crippen LogP contribution is -2.38. The molecule has 3 aliphatic rings. The average molecular weight is 415 g/mol. The predicted molar refractivity (Wildman–Crippen MR) is 103 cm³/mol. The third-order valence-electron chi connectivity index (χ3n) is 5.76. The molecule has 30 heavy (non-hydrogen) atoms. The molecule has 1 N–H and O–H groups in total. The van der Waals surface area contributed by atoms with Crippen molar-refractivity contribution in [2.45, 2.75) is 18.7 Å². The van der Waals surface area contributed by atoms with E-state index in [1.807, 2.05) is 12.1 Å². The Morgan fingerprint density at radius 2 is 1.73 bits per heavy atom. The van der Waals surface area contributed by atoms with E-state index in [0.717, 1.165) is 5.56 Å². The first kappa shape index (κ1) is 18.7. The lowest BCUT2D eigenvalue weighted by molar-refractivity contribution is 0.0826. The van der Waals surface area contributed by atoms with Crippen molar-refractivity contribution in [3.05, 3.63) is 29.3 Å². The molecule has 2 aromatic carbocycles. The normalized spacial score (nSPS) is 21.1. The lowest BCUT2D eigenvalue weighted by atomic mass is 9.86. The maximum atomic E-state index is 12.4. The standard InChI is InChI=1S/C21H21NO8/c1-25-16-4-10-7-22-13(8-28-21(22)24)18(23)12-6-15-14(29-9-30-15)5-11(12)17(10)20(27-3)19(16)26-2/h4-6,13,18,23H,7-9H2,1-3H3/t13-,18-/m0/s1. The number of hydrogen-bond acceptors (Lipinski definition) is 8. The quantitative estimate of drug-likeness (QED) is 0.817. The van der Waals surface area contributed by atoms with Crippen LogP contribution in [0.3, 0.4) is 0 Å². The minimum absolute atomic E-state index is 0.0909. The van der Waals surface area contributed by atoms with Gasteiger partial charge in [0, 0.05) is 5.56 Å². The largest absolute Gasteiger partial charge is 0.493 e. The molecule has 5 rings (SSSR count). The second-order valence-electron chi connectivity index (χ2n) is 7.19. The zero-order valence-electron chi connectivity index (χ0n) is 16.8. The highest BCUT2D eigenvalue weighted by Gasteiger charge is 2.43. The molecule has 1 fully saturated rings. The van der Waals surface area contributed by atoms with Crippen LogP contribution in [-0.2, 0) is 11.3 Å². The number of aliphatic hydroxyl groups is 1. The molecule has 0 unspecified atom stereocenters. The molecule has 1 amide bonds. The summed E-state index contributed by atoms with van der Waals surface area (Å²) >= 11 is 0. The van der Waals surface area contributed by atoms with Crippen LogP contribution in [0.4, 0.5) is 4.79 Å². The number of cyclic esters (lactones) is 1. The number of rotatable bonds is 3. The van der Waals surface area contributed by atoms with Gasteiger partial charge in [0.1, 0.15) is 12.7 Å². The van der Waals surface area contributed by atoms with Crippen LogP contribution < -0.4 is 23.7 Å². The Labute approximate surface area is 172 Å². The SMILES string of the molecule is COc1cc2c(c(OC)c1OC)-c1cc3c(cc1[C@H](O)[C@@H]1COC(=O)N1C2)OCO3. The number of nitrogens with zero attached hydrogens (tertiary/aromatic N) is 1. The van der Waals surface area contributed by atoms with Gasteiger partial charge in [-0.25, -0.2) is 4.79 Å². The van der Waals surface area contributed by atoms with Gasteiger partial charge in [-0.05, 0) is 34.9 Å². The Bertz CT molecular complexity index is 1040. The summed E-state index contributed by atoms with van der Waals surface area (Å²) in [5, 5.41) is 11.2. The summed E-state index contributed by atoms with van der Waals surface area (Å²) in [4.78, 5) is 13.9. The van der Waals surface area contributed by atoms with Gasteiger partial charge in [0.15, 0.2) is 23.0 Å². The third kappa shape index (κ3) is 2.55. The van der Waals surface area contributed by atoms with Crippen molar-refractivity contribution in [3.8, 4) is 39.9 Å². The van der Waals surface area contributed by atoms with Crippen molar-refractivity contribution in [2.24, 2.45) is 0 Å². The van der Waals surface area contributed by atoms with Crippen LogP contribution >= 0.6 is 0 Å². The van der Waals surface area contributed by atoms with Gasteiger partial charge in [-0.15, -0.1) is 0 Å². The zero-order valence-corrected chi connectivity index (χ0v) is 16.8. The Hall–Kier alpha value is -3.33. The van der Waals surface area contributed by atoms with E-state index in [2.05, 4.69) is 0 Å². The molecular formula is C21H21NO8. The Kier molecular flexibility index (Phi) is 4.28. The van der Waals surface area contributed by atoms with Crippen molar-refractivity contribution >= 4 is 6.09 Å². The molecule has 3 heterocycles. The summed E-state index contributed by atoms with van der Waals surface area (Å²) < 4.78 is 33.1. The van der Waals surface area contributed by atoms with E-state index in [-0.39, 0.29) is 19.9 Å². The van der Waals surface area contributed by atoms with Gasteiger partial charge in [-0.1, -0.05) is 0 Å². The minimum atomic E-state index is -0.994. The molecule has 9 nitrogen and oxygen atoms in total. The summed E-state index contributed by atoms with van der Waals surface area (Å²) in [6.45, 7) is 0.398.